The molecule has 0 saturated carbocycles. The molecule has 5 heteroatoms. The van der Waals surface area contributed by atoms with Crippen molar-refractivity contribution in [2.75, 3.05) is 13.7 Å². The molecule has 2 heterocycles. The highest BCUT2D eigenvalue weighted by Crippen LogP contribution is 2.32. The van der Waals surface area contributed by atoms with E-state index in [1.165, 1.54) is 22.5 Å². The summed E-state index contributed by atoms with van der Waals surface area (Å²) >= 11 is 6.35. The number of halogens is 1. The summed E-state index contributed by atoms with van der Waals surface area (Å²) in [5.41, 5.74) is 6.25. The second kappa shape index (κ2) is 6.70. The van der Waals surface area contributed by atoms with Crippen LogP contribution in [0.2, 0.25) is 5.02 Å². The number of ether oxygens (including phenoxy) is 1. The summed E-state index contributed by atoms with van der Waals surface area (Å²) in [5, 5.41) is 0.737. The van der Waals surface area contributed by atoms with Crippen molar-refractivity contribution in [3.63, 3.8) is 0 Å². The first-order chi connectivity index (χ1) is 13.2. The molecule has 138 valence electrons. The van der Waals surface area contributed by atoms with E-state index in [1.54, 1.807) is 7.11 Å². The fourth-order valence-corrected chi connectivity index (χ4v) is 4.59. The topological polar surface area (TPSA) is 41.1 Å². The van der Waals surface area contributed by atoms with Crippen molar-refractivity contribution in [1.29, 1.82) is 0 Å². The molecule has 5 rings (SSSR count). The minimum Gasteiger partial charge on any atom is -0.497 e. The monoisotopic (exact) mass is 379 g/mol. The van der Waals surface area contributed by atoms with Crippen molar-refractivity contribution < 1.29 is 4.74 Å². The molecule has 4 nitrogen and oxygen atoms in total. The Morgan fingerprint density at radius 1 is 1.15 bits per heavy atom. The van der Waals surface area contributed by atoms with E-state index in [0.29, 0.717) is 6.04 Å². The Balaban J connectivity index is 1.36. The Hall–Kier alpha value is -2.30. The predicted octanol–water partition coefficient (Wildman–Crippen LogP) is 4.26. The number of imidazole rings is 1. The van der Waals surface area contributed by atoms with Gasteiger partial charge in [-0.25, -0.2) is 4.98 Å². The van der Waals surface area contributed by atoms with Crippen molar-refractivity contribution in [2.45, 2.75) is 31.8 Å². The average Bonchev–Trinajstić information content (AvgIpc) is 3.30. The molecule has 0 spiro atoms. The Labute approximate surface area is 164 Å². The summed E-state index contributed by atoms with van der Waals surface area (Å²) in [6, 6.07) is 14.9. The van der Waals surface area contributed by atoms with Crippen LogP contribution in [0.5, 0.6) is 5.75 Å². The van der Waals surface area contributed by atoms with Crippen molar-refractivity contribution in [3.8, 4) is 17.1 Å². The van der Waals surface area contributed by atoms with Crippen molar-refractivity contribution >= 4 is 11.6 Å². The lowest BCUT2D eigenvalue weighted by Gasteiger charge is -2.31. The van der Waals surface area contributed by atoms with Crippen LogP contribution in [0, 0.1) is 0 Å². The van der Waals surface area contributed by atoms with Gasteiger partial charge in [-0.2, -0.15) is 0 Å². The highest BCUT2D eigenvalue weighted by molar-refractivity contribution is 6.33. The van der Waals surface area contributed by atoms with Gasteiger partial charge in [-0.15, -0.1) is 0 Å². The number of aromatic amines is 1. The molecule has 0 fully saturated rings. The van der Waals surface area contributed by atoms with E-state index in [-0.39, 0.29) is 0 Å². The van der Waals surface area contributed by atoms with E-state index < -0.39 is 0 Å². The number of hydrogen-bond acceptors (Lipinski definition) is 3. The number of nitrogens with zero attached hydrogens (tertiary/aromatic N) is 2. The van der Waals surface area contributed by atoms with Crippen LogP contribution in [0.15, 0.2) is 42.5 Å². The number of H-pyrrole nitrogens is 1. The van der Waals surface area contributed by atoms with E-state index in [2.05, 4.69) is 28.1 Å². The number of aromatic nitrogens is 2. The predicted molar refractivity (Wildman–Crippen MR) is 107 cm³/mol. The Kier molecular flexibility index (Phi) is 4.18. The molecule has 0 amide bonds. The molecule has 3 aromatic rings. The van der Waals surface area contributed by atoms with Gasteiger partial charge in [-0.1, -0.05) is 29.8 Å². The number of methoxy groups -OCH3 is 1. The zero-order valence-corrected chi connectivity index (χ0v) is 16.1. The van der Waals surface area contributed by atoms with Crippen LogP contribution in [-0.4, -0.2) is 34.6 Å². The Morgan fingerprint density at radius 2 is 2.00 bits per heavy atom. The molecular formula is C22H22ClN3O. The zero-order valence-electron chi connectivity index (χ0n) is 15.3. The molecule has 0 saturated heterocycles. The van der Waals surface area contributed by atoms with Gasteiger partial charge in [0.2, 0.25) is 0 Å². The number of fused-ring (bicyclic) bond motifs is 2. The highest BCUT2D eigenvalue weighted by Gasteiger charge is 2.31. The van der Waals surface area contributed by atoms with Gasteiger partial charge in [0.25, 0.3) is 0 Å². The van der Waals surface area contributed by atoms with Crippen molar-refractivity contribution in [1.82, 2.24) is 14.9 Å². The second-order valence-corrected chi connectivity index (χ2v) is 7.81. The lowest BCUT2D eigenvalue weighted by atomic mass is 10.1. The second-order valence-electron chi connectivity index (χ2n) is 7.41. The van der Waals surface area contributed by atoms with Crippen LogP contribution in [-0.2, 0) is 25.8 Å². The van der Waals surface area contributed by atoms with Gasteiger partial charge in [0, 0.05) is 31.1 Å². The third kappa shape index (κ3) is 3.03. The first-order valence-electron chi connectivity index (χ1n) is 9.44. The van der Waals surface area contributed by atoms with Gasteiger partial charge in [-0.3, -0.25) is 4.90 Å². The molecule has 27 heavy (non-hydrogen) atoms. The van der Waals surface area contributed by atoms with Crippen LogP contribution >= 0.6 is 11.6 Å². The maximum atomic E-state index is 6.35. The Bertz CT molecular complexity index is 997. The van der Waals surface area contributed by atoms with Crippen LogP contribution in [0.1, 0.15) is 22.5 Å². The molecule has 1 unspecified atom stereocenters. The maximum Gasteiger partial charge on any atom is 0.139 e. The van der Waals surface area contributed by atoms with E-state index >= 15 is 0 Å². The molecule has 1 aliphatic heterocycles. The number of rotatable bonds is 3. The molecule has 1 atom stereocenters. The molecule has 1 N–H and O–H groups in total. The van der Waals surface area contributed by atoms with Gasteiger partial charge in [-0.05, 0) is 48.2 Å². The van der Waals surface area contributed by atoms with E-state index in [9.17, 15) is 0 Å². The summed E-state index contributed by atoms with van der Waals surface area (Å²) in [5.74, 6) is 1.83. The molecule has 1 aromatic heterocycles. The molecule has 0 bridgehead atoms. The van der Waals surface area contributed by atoms with Crippen molar-refractivity contribution in [2.24, 2.45) is 0 Å². The number of benzene rings is 2. The van der Waals surface area contributed by atoms with Crippen LogP contribution in [0.4, 0.5) is 0 Å². The standard InChI is InChI=1S/C22H22ClN3O/c1-27-17-7-6-14-10-16(11-15(14)12-17)26-9-8-20-21(13-26)25-22(24-20)18-4-2-3-5-19(18)23/h2-7,12,16H,8-11,13H2,1H3,(H,24,25). The first kappa shape index (κ1) is 16.8. The molecule has 1 aliphatic carbocycles. The third-order valence-corrected chi connectivity index (χ3v) is 6.16. The highest BCUT2D eigenvalue weighted by atomic mass is 35.5. The first-order valence-corrected chi connectivity index (χ1v) is 9.81. The van der Waals surface area contributed by atoms with Gasteiger partial charge in [0.15, 0.2) is 0 Å². The number of nitrogens with one attached hydrogen (secondary N) is 1. The largest absolute Gasteiger partial charge is 0.497 e. The average molecular weight is 380 g/mol. The summed E-state index contributed by atoms with van der Waals surface area (Å²) in [7, 11) is 1.73. The quantitative estimate of drug-likeness (QED) is 0.739. The van der Waals surface area contributed by atoms with E-state index in [4.69, 9.17) is 21.3 Å². The maximum absolute atomic E-state index is 6.35. The Morgan fingerprint density at radius 3 is 2.85 bits per heavy atom. The van der Waals surface area contributed by atoms with Gasteiger partial charge in [0.05, 0.1) is 23.5 Å². The fourth-order valence-electron chi connectivity index (χ4n) is 4.36. The third-order valence-electron chi connectivity index (χ3n) is 5.83. The molecule has 2 aliphatic rings. The molecular weight excluding hydrogens is 358 g/mol. The van der Waals surface area contributed by atoms with Crippen LogP contribution in [0.25, 0.3) is 11.4 Å². The minimum absolute atomic E-state index is 0.548. The normalized spacial score (nSPS) is 19.0. The van der Waals surface area contributed by atoms with Crippen LogP contribution in [0.3, 0.4) is 0 Å². The smallest absolute Gasteiger partial charge is 0.139 e. The summed E-state index contributed by atoms with van der Waals surface area (Å²) in [6.07, 6.45) is 3.18. The van der Waals surface area contributed by atoms with E-state index in [1.807, 2.05) is 24.3 Å². The van der Waals surface area contributed by atoms with Gasteiger partial charge in [0.1, 0.15) is 11.6 Å². The minimum atomic E-state index is 0.548. The van der Waals surface area contributed by atoms with E-state index in [0.717, 1.165) is 54.5 Å². The molecule has 2 aromatic carbocycles. The number of hydrogen-bond donors (Lipinski definition) is 1. The molecule has 0 radical (unpaired) electrons. The lowest BCUT2D eigenvalue weighted by molar-refractivity contribution is 0.181. The lowest BCUT2D eigenvalue weighted by Crippen LogP contribution is -2.39. The zero-order chi connectivity index (χ0) is 18.4. The summed E-state index contributed by atoms with van der Waals surface area (Å²) < 4.78 is 5.38. The van der Waals surface area contributed by atoms with Gasteiger partial charge < -0.3 is 9.72 Å². The summed E-state index contributed by atoms with van der Waals surface area (Å²) in [4.78, 5) is 10.9. The SMILES string of the molecule is COc1ccc2c(c1)CC(N1CCc3nc(-c4ccccc4Cl)[nH]c3C1)C2. The van der Waals surface area contributed by atoms with Crippen molar-refractivity contribution in [3.05, 3.63) is 70.0 Å². The summed E-state index contributed by atoms with van der Waals surface area (Å²) in [6.45, 7) is 1.97. The fraction of sp³-hybridized carbons (Fsp3) is 0.318. The van der Waals surface area contributed by atoms with Gasteiger partial charge >= 0.3 is 0 Å². The van der Waals surface area contributed by atoms with Crippen LogP contribution < -0.4 is 4.74 Å².